The van der Waals surface area contributed by atoms with Gasteiger partial charge in [-0.25, -0.2) is 0 Å². The second-order valence-corrected chi connectivity index (χ2v) is 25.2. The van der Waals surface area contributed by atoms with Crippen LogP contribution in [0.5, 0.6) is 0 Å². The Labute approximate surface area is 338 Å². The highest BCUT2D eigenvalue weighted by Crippen LogP contribution is 2.73. The maximum atomic E-state index is 2.99. The molecule has 13 fully saturated rings. The van der Waals surface area contributed by atoms with E-state index in [1.54, 1.807) is 91.2 Å². The molecular weight excluding hydrogens is 673 g/mol. The van der Waals surface area contributed by atoms with Gasteiger partial charge in [-0.3, -0.25) is 0 Å². The number of hydrogen-bond acceptors (Lipinski definition) is 0. The van der Waals surface area contributed by atoms with Crippen molar-refractivity contribution < 1.29 is 0 Å². The molecule has 0 amide bonds. The van der Waals surface area contributed by atoms with Crippen molar-refractivity contribution in [3.63, 3.8) is 0 Å². The summed E-state index contributed by atoms with van der Waals surface area (Å²) in [6.45, 7) is 2.86. The Kier molecular flexibility index (Phi) is 6.31. The van der Waals surface area contributed by atoms with Crippen LogP contribution in [-0.4, -0.2) is 0 Å². The summed E-state index contributed by atoms with van der Waals surface area (Å²) in [5.41, 5.74) is 17.9. The molecule has 0 aromatic heterocycles. The van der Waals surface area contributed by atoms with Crippen LogP contribution in [0.15, 0.2) is 59.2 Å². The van der Waals surface area contributed by atoms with Crippen LogP contribution in [0.25, 0.3) is 11.1 Å². The van der Waals surface area contributed by atoms with E-state index in [1.165, 1.54) is 89.9 Å². The van der Waals surface area contributed by atoms with Gasteiger partial charge in [0, 0.05) is 11.3 Å². The standard InChI is InChI=1S/C56H68/c1-53(50-5-3-2-4-44(50)49-21-43(22-51(49)53)56-29-38-16-39(30-56)18-40(17-38)31-56)52-45-8-6-41(54-23-32-10-33(24-54)12-34(11-32)25-54)19-47(45)48-20-42(7-9-46(48)52)55-26-35-13-36(27-55)15-37(14-35)28-55/h6-9,19-20,22,32-40,44,50,52H,2-5,10-18,21,23-31H2,1H3. The van der Waals surface area contributed by atoms with Gasteiger partial charge >= 0.3 is 0 Å². The zero-order valence-corrected chi connectivity index (χ0v) is 34.7. The molecule has 3 unspecified atom stereocenters. The third kappa shape index (κ3) is 4.16. The largest absolute Gasteiger partial charge is 0.0596 e. The average molecular weight is 741 g/mol. The first kappa shape index (κ1) is 32.7. The number of allylic oxidation sites excluding steroid dienone is 4. The Hall–Kier alpha value is -2.08. The highest BCUT2D eigenvalue weighted by Gasteiger charge is 2.61. The summed E-state index contributed by atoms with van der Waals surface area (Å²) in [4.78, 5) is 0. The van der Waals surface area contributed by atoms with E-state index in [1.807, 2.05) is 16.7 Å². The van der Waals surface area contributed by atoms with Gasteiger partial charge in [0.05, 0.1) is 0 Å². The molecule has 12 bridgehead atoms. The van der Waals surface area contributed by atoms with E-state index in [2.05, 4.69) is 49.4 Å². The maximum Gasteiger partial charge on any atom is 0.0199 e. The summed E-state index contributed by atoms with van der Waals surface area (Å²) in [6, 6.07) is 16.9. The number of benzene rings is 2. The van der Waals surface area contributed by atoms with Crippen LogP contribution < -0.4 is 0 Å². The van der Waals surface area contributed by atoms with Crippen molar-refractivity contribution in [1.82, 2.24) is 0 Å². The molecule has 0 nitrogen and oxygen atoms in total. The van der Waals surface area contributed by atoms with Crippen LogP contribution in [0.1, 0.15) is 183 Å². The molecule has 13 saturated carbocycles. The fraction of sp³-hybridized carbons (Fsp3) is 0.714. The topological polar surface area (TPSA) is 0 Å². The third-order valence-electron chi connectivity index (χ3n) is 22.2. The summed E-state index contributed by atoms with van der Waals surface area (Å²) in [6.07, 6.45) is 37.6. The van der Waals surface area contributed by atoms with Gasteiger partial charge in [-0.05, 0) is 255 Å². The summed E-state index contributed by atoms with van der Waals surface area (Å²) < 4.78 is 0. The molecule has 0 heterocycles. The van der Waals surface area contributed by atoms with Crippen LogP contribution in [0.3, 0.4) is 0 Å². The SMILES string of the molecule is CC1(C2c3ccc(C45CC6CC(CC(C6)C4)C5)cc3-c3cc(C45CC6CC(CC(C6)C4)C5)ccc32)C2=C(CC(C34CC5CC(CC(C5)C3)C4)=C2)C2CCCCC21. The van der Waals surface area contributed by atoms with Gasteiger partial charge in [-0.2, -0.15) is 0 Å². The Balaban J connectivity index is 0.895. The molecule has 0 radical (unpaired) electrons. The summed E-state index contributed by atoms with van der Waals surface area (Å²) in [5.74, 6) is 11.3. The van der Waals surface area contributed by atoms with Crippen molar-refractivity contribution in [1.29, 1.82) is 0 Å². The predicted octanol–water partition coefficient (Wildman–Crippen LogP) is 14.4. The first-order valence-electron chi connectivity index (χ1n) is 25.1. The number of rotatable bonds is 4. The van der Waals surface area contributed by atoms with Crippen molar-refractivity contribution in [3.05, 3.63) is 81.4 Å². The van der Waals surface area contributed by atoms with Gasteiger partial charge in [0.25, 0.3) is 0 Å². The maximum absolute atomic E-state index is 2.99. The lowest BCUT2D eigenvalue weighted by molar-refractivity contribution is -0.0316. The van der Waals surface area contributed by atoms with E-state index in [0.717, 1.165) is 65.1 Å². The monoisotopic (exact) mass is 741 g/mol. The number of fused-ring (bicyclic) bond motifs is 5. The lowest BCUT2D eigenvalue weighted by Crippen LogP contribution is -2.48. The van der Waals surface area contributed by atoms with Gasteiger partial charge in [0.2, 0.25) is 0 Å². The van der Waals surface area contributed by atoms with E-state index in [-0.39, 0.29) is 5.41 Å². The van der Waals surface area contributed by atoms with Crippen molar-refractivity contribution >= 4 is 0 Å². The second kappa shape index (κ2) is 10.8. The minimum Gasteiger partial charge on any atom is -0.0596 e. The molecule has 16 aliphatic rings. The van der Waals surface area contributed by atoms with Crippen molar-refractivity contribution in [2.75, 3.05) is 0 Å². The molecule has 0 aliphatic heterocycles. The summed E-state index contributed by atoms with van der Waals surface area (Å²) in [7, 11) is 0. The highest BCUT2D eigenvalue weighted by atomic mass is 14.6. The molecule has 56 heavy (non-hydrogen) atoms. The zero-order chi connectivity index (χ0) is 36.3. The summed E-state index contributed by atoms with van der Waals surface area (Å²) >= 11 is 0. The van der Waals surface area contributed by atoms with E-state index in [0.29, 0.717) is 22.2 Å². The molecule has 0 saturated heterocycles. The predicted molar refractivity (Wildman–Crippen MR) is 227 cm³/mol. The van der Waals surface area contributed by atoms with Gasteiger partial charge < -0.3 is 0 Å². The van der Waals surface area contributed by atoms with Gasteiger partial charge in [0.1, 0.15) is 0 Å². The molecule has 0 heteroatoms. The van der Waals surface area contributed by atoms with Crippen LogP contribution in [0.2, 0.25) is 0 Å². The minimum atomic E-state index is 0.203. The molecule has 0 spiro atoms. The molecule has 16 aliphatic carbocycles. The summed E-state index contributed by atoms with van der Waals surface area (Å²) in [5, 5.41) is 0. The van der Waals surface area contributed by atoms with E-state index >= 15 is 0 Å². The minimum absolute atomic E-state index is 0.203. The molecule has 292 valence electrons. The van der Waals surface area contributed by atoms with Crippen molar-refractivity contribution in [3.8, 4) is 11.1 Å². The lowest BCUT2D eigenvalue weighted by Gasteiger charge is -2.58. The van der Waals surface area contributed by atoms with Gasteiger partial charge in [-0.15, -0.1) is 0 Å². The normalized spacial score (nSPS) is 51.8. The van der Waals surface area contributed by atoms with Gasteiger partial charge in [0.15, 0.2) is 0 Å². The van der Waals surface area contributed by atoms with E-state index < -0.39 is 0 Å². The fourth-order valence-electron chi connectivity index (χ4n) is 21.6. The second-order valence-electron chi connectivity index (χ2n) is 25.2. The van der Waals surface area contributed by atoms with Crippen LogP contribution in [-0.2, 0) is 10.8 Å². The smallest absolute Gasteiger partial charge is 0.0199 e. The van der Waals surface area contributed by atoms with Crippen LogP contribution in [0.4, 0.5) is 0 Å². The first-order chi connectivity index (χ1) is 27.3. The van der Waals surface area contributed by atoms with Gasteiger partial charge in [-0.1, -0.05) is 73.4 Å². The third-order valence-corrected chi connectivity index (χ3v) is 22.2. The molecular formula is C56H68. The quantitative estimate of drug-likeness (QED) is 0.293. The zero-order valence-electron chi connectivity index (χ0n) is 34.7. The Morgan fingerprint density at radius 2 is 0.893 bits per heavy atom. The highest BCUT2D eigenvalue weighted by molar-refractivity contribution is 5.82. The molecule has 3 atom stereocenters. The van der Waals surface area contributed by atoms with E-state index in [4.69, 9.17) is 0 Å². The Morgan fingerprint density at radius 1 is 0.482 bits per heavy atom. The molecule has 2 aromatic carbocycles. The van der Waals surface area contributed by atoms with Crippen LogP contribution >= 0.6 is 0 Å². The molecule has 18 rings (SSSR count). The number of hydrogen-bond donors (Lipinski definition) is 0. The lowest BCUT2D eigenvalue weighted by atomic mass is 9.47. The molecule has 2 aromatic rings. The van der Waals surface area contributed by atoms with Crippen molar-refractivity contribution in [2.24, 2.45) is 75.9 Å². The average Bonchev–Trinajstić information content (AvgIpc) is 3.83. The Morgan fingerprint density at radius 3 is 1.34 bits per heavy atom. The van der Waals surface area contributed by atoms with Crippen molar-refractivity contribution in [2.45, 2.75) is 171 Å². The fourth-order valence-corrected chi connectivity index (χ4v) is 21.6. The first-order valence-corrected chi connectivity index (χ1v) is 25.1. The van der Waals surface area contributed by atoms with Crippen LogP contribution in [0, 0.1) is 75.9 Å². The molecule has 0 N–H and O–H groups in total. The van der Waals surface area contributed by atoms with E-state index in [9.17, 15) is 0 Å². The Bertz CT molecular complexity index is 1930.